The van der Waals surface area contributed by atoms with Crippen LogP contribution in [-0.2, 0) is 20.1 Å². The molecule has 6 aromatic carbocycles. The standard InChI is InChI=1S/C34H29NO.C19H16N.Ir/c1-23(22-28(20-21-35)26-16-14-25(15-17-26)24-8-3-2-4-9-24)29-12-7-13-31-32-19-18-27-10-5-6-11-30(27)34(32)36-33(29)31;1-14-8-11-19(20-13-14)17-10-9-15(2)18(12-17)16-6-4-3-5-7-16;/h5-7,10-11,13-22,24H,2-4,8-9H2,1H3;3-9,11-13H,1-2H3;/q-2;-1;+3/b23-22+,28-20+;;/i24D;1D3,2D3;. The third-order valence-electron chi connectivity index (χ3n) is 10.5. The van der Waals surface area contributed by atoms with E-state index in [1.807, 2.05) is 48.5 Å². The van der Waals surface area contributed by atoms with Gasteiger partial charge < -0.3 is 14.8 Å². The molecule has 0 aliphatic heterocycles. The van der Waals surface area contributed by atoms with Crippen molar-refractivity contribution in [3.05, 3.63) is 191 Å². The van der Waals surface area contributed by atoms with Gasteiger partial charge in [-0.2, -0.15) is 6.21 Å². The van der Waals surface area contributed by atoms with E-state index in [1.165, 1.54) is 24.8 Å². The number of allylic oxidation sites excluding steroid dienone is 4. The van der Waals surface area contributed by atoms with E-state index in [9.17, 15) is 5.41 Å². The molecular formula is C53H45IrN2O. The minimum absolute atomic E-state index is 0. The molecule has 1 aliphatic rings. The van der Waals surface area contributed by atoms with Crippen molar-refractivity contribution in [3.63, 3.8) is 0 Å². The zero-order valence-corrected chi connectivity index (χ0v) is 34.0. The molecule has 282 valence electrons. The first kappa shape index (κ1) is 31.4. The third kappa shape index (κ3) is 8.69. The van der Waals surface area contributed by atoms with E-state index in [0.29, 0.717) is 16.8 Å². The van der Waals surface area contributed by atoms with Crippen molar-refractivity contribution in [2.45, 2.75) is 58.6 Å². The van der Waals surface area contributed by atoms with Gasteiger partial charge in [-0.25, -0.2) is 0 Å². The minimum Gasteiger partial charge on any atom is -0.811 e. The first-order valence-electron chi connectivity index (χ1n) is 22.5. The molecule has 1 saturated carbocycles. The molecule has 2 aromatic heterocycles. The molecule has 3 nitrogen and oxygen atoms in total. The third-order valence-corrected chi connectivity index (χ3v) is 10.5. The van der Waals surface area contributed by atoms with Crippen LogP contribution in [0.1, 0.15) is 82.3 Å². The molecule has 4 heteroatoms. The maximum atomic E-state index is 9.66. The van der Waals surface area contributed by atoms with Crippen LogP contribution >= 0.6 is 0 Å². The number of aryl methyl sites for hydroxylation is 2. The number of aromatic nitrogens is 1. The summed E-state index contributed by atoms with van der Waals surface area (Å²) in [7, 11) is 0. The molecule has 0 unspecified atom stereocenters. The number of rotatable bonds is 7. The number of pyridine rings is 1. The largest absolute Gasteiger partial charge is 3.00 e. The van der Waals surface area contributed by atoms with Crippen LogP contribution in [0.25, 0.3) is 71.7 Å². The van der Waals surface area contributed by atoms with Crippen molar-refractivity contribution < 1.29 is 34.1 Å². The summed E-state index contributed by atoms with van der Waals surface area (Å²) in [4.78, 5) is 4.21. The molecule has 0 bridgehead atoms. The van der Waals surface area contributed by atoms with Gasteiger partial charge in [0.25, 0.3) is 0 Å². The monoisotopic (exact) mass is 925 g/mol. The molecule has 0 radical (unpaired) electrons. The summed E-state index contributed by atoms with van der Waals surface area (Å²) in [5.41, 5.74) is 9.46. The zero-order chi connectivity index (χ0) is 44.4. The summed E-state index contributed by atoms with van der Waals surface area (Å²) in [5, 5.41) is 14.1. The van der Waals surface area contributed by atoms with Crippen LogP contribution in [0.4, 0.5) is 0 Å². The Bertz CT molecular complexity index is 2980. The van der Waals surface area contributed by atoms with Gasteiger partial charge in [-0.05, 0) is 64.5 Å². The molecule has 2 heterocycles. The zero-order valence-electron chi connectivity index (χ0n) is 38.6. The van der Waals surface area contributed by atoms with Crippen LogP contribution < -0.4 is 0 Å². The van der Waals surface area contributed by atoms with Gasteiger partial charge in [-0.1, -0.05) is 159 Å². The van der Waals surface area contributed by atoms with E-state index >= 15 is 0 Å². The number of fused-ring (bicyclic) bond motifs is 5. The number of benzene rings is 6. The Labute approximate surface area is 359 Å². The van der Waals surface area contributed by atoms with Gasteiger partial charge in [0.15, 0.2) is 0 Å². The van der Waals surface area contributed by atoms with Gasteiger partial charge in [0, 0.05) is 32.1 Å². The van der Waals surface area contributed by atoms with E-state index in [4.69, 9.17) is 14.0 Å². The van der Waals surface area contributed by atoms with Gasteiger partial charge in [0.2, 0.25) is 0 Å². The smallest absolute Gasteiger partial charge is 0.811 e. The second kappa shape index (κ2) is 18.1. The topological polar surface area (TPSA) is 48.3 Å². The van der Waals surface area contributed by atoms with Gasteiger partial charge >= 0.3 is 20.1 Å². The average Bonchev–Trinajstić information content (AvgIpc) is 3.69. The fourth-order valence-corrected chi connectivity index (χ4v) is 7.59. The molecule has 9 rings (SSSR count). The average molecular weight is 925 g/mol. The minimum atomic E-state index is -2.27. The number of hydrogen-bond donors (Lipinski definition) is 0. The molecule has 1 aliphatic carbocycles. The second-order valence-corrected chi connectivity index (χ2v) is 14.2. The normalized spacial score (nSPS) is 16.4. The summed E-state index contributed by atoms with van der Waals surface area (Å²) in [6.07, 6.45) is 11.5. The molecule has 1 fully saturated rings. The Morgan fingerprint density at radius 2 is 1.61 bits per heavy atom. The van der Waals surface area contributed by atoms with Crippen molar-refractivity contribution in [3.8, 4) is 22.4 Å². The summed E-state index contributed by atoms with van der Waals surface area (Å²) in [6, 6.07) is 46.8. The quantitative estimate of drug-likeness (QED) is 0.0908. The molecule has 8 aromatic rings. The van der Waals surface area contributed by atoms with E-state index < -0.39 is 19.6 Å². The van der Waals surface area contributed by atoms with Gasteiger partial charge in [0.05, 0.1) is 0 Å². The van der Waals surface area contributed by atoms with Gasteiger partial charge in [0.1, 0.15) is 5.58 Å². The summed E-state index contributed by atoms with van der Waals surface area (Å²) in [5.74, 6) is -0.481. The first-order valence-corrected chi connectivity index (χ1v) is 19.0. The maximum Gasteiger partial charge on any atom is 3.00 e. The number of furan rings is 1. The van der Waals surface area contributed by atoms with Crippen LogP contribution in [0.15, 0.2) is 150 Å². The van der Waals surface area contributed by atoms with Crippen LogP contribution in [0.5, 0.6) is 0 Å². The molecule has 0 atom stereocenters. The van der Waals surface area contributed by atoms with Crippen LogP contribution in [0.3, 0.4) is 0 Å². The fourth-order valence-electron chi connectivity index (χ4n) is 7.59. The van der Waals surface area contributed by atoms with Crippen LogP contribution in [0, 0.1) is 25.8 Å². The molecular weight excluding hydrogens is 873 g/mol. The van der Waals surface area contributed by atoms with E-state index in [0.717, 1.165) is 98.0 Å². The van der Waals surface area contributed by atoms with Crippen LogP contribution in [-0.4, -0.2) is 11.2 Å². The van der Waals surface area contributed by atoms with Crippen molar-refractivity contribution in [1.29, 1.82) is 0 Å². The number of hydrogen-bond acceptors (Lipinski definition) is 2. The second-order valence-electron chi connectivity index (χ2n) is 14.2. The molecule has 0 saturated heterocycles. The van der Waals surface area contributed by atoms with Crippen molar-refractivity contribution >= 4 is 50.1 Å². The maximum absolute atomic E-state index is 9.66. The molecule has 0 amide bonds. The van der Waals surface area contributed by atoms with Crippen molar-refractivity contribution in [1.82, 2.24) is 4.98 Å². The SMILES string of the molecule is [2H]C([2H])([2H])c1ccc(-c2[c-]cc(C([2H])([2H])[2H])c(-c3ccccc3)c2)nc1.[2H]C1(c2ccc(C(=C/C=[N-])/C=C(\C)c3[c-]ccc4c3oc3c5ccccc5ccc43)cc2)CCCCC1.[Ir+3]. The Balaban J connectivity index is 0.000000201. The van der Waals surface area contributed by atoms with E-state index in [-0.39, 0.29) is 31.2 Å². The number of nitrogens with zero attached hydrogens (tertiary/aromatic N) is 2. The predicted molar refractivity (Wildman–Crippen MR) is 237 cm³/mol. The van der Waals surface area contributed by atoms with Gasteiger partial charge in [-0.15, -0.1) is 58.7 Å². The van der Waals surface area contributed by atoms with Crippen LogP contribution in [0.2, 0.25) is 0 Å². The van der Waals surface area contributed by atoms with Gasteiger partial charge in [-0.3, -0.25) is 0 Å². The van der Waals surface area contributed by atoms with Crippen molar-refractivity contribution in [2.24, 2.45) is 0 Å². The summed E-state index contributed by atoms with van der Waals surface area (Å²) in [6.45, 7) is -2.43. The molecule has 57 heavy (non-hydrogen) atoms. The Hall–Kier alpha value is -5.67. The Morgan fingerprint density at radius 1 is 0.825 bits per heavy atom. The van der Waals surface area contributed by atoms with E-state index in [1.54, 1.807) is 18.2 Å². The Kier molecular flexibility index (Phi) is 9.96. The first-order chi connectivity index (χ1) is 30.2. The summed E-state index contributed by atoms with van der Waals surface area (Å²) >= 11 is 0. The van der Waals surface area contributed by atoms with Crippen molar-refractivity contribution in [2.75, 3.05) is 0 Å². The summed E-state index contributed by atoms with van der Waals surface area (Å²) < 4.78 is 61.0. The molecule has 0 spiro atoms. The van der Waals surface area contributed by atoms with E-state index in [2.05, 4.69) is 84.7 Å². The Morgan fingerprint density at radius 3 is 2.37 bits per heavy atom. The molecule has 0 N–H and O–H groups in total. The predicted octanol–water partition coefficient (Wildman–Crippen LogP) is 14.5. The fraction of sp³-hybridized carbons (Fsp3) is 0.170.